The van der Waals surface area contributed by atoms with E-state index < -0.39 is 0 Å². The average molecular weight is 520 g/mol. The van der Waals surface area contributed by atoms with Crippen molar-refractivity contribution >= 4 is 29.9 Å². The van der Waals surface area contributed by atoms with Crippen molar-refractivity contribution in [2.24, 2.45) is 12.0 Å². The van der Waals surface area contributed by atoms with E-state index in [1.807, 2.05) is 6.07 Å². The molecule has 0 aliphatic heterocycles. The van der Waals surface area contributed by atoms with Gasteiger partial charge in [-0.05, 0) is 38.5 Å². The summed E-state index contributed by atoms with van der Waals surface area (Å²) in [5.74, 6) is 0.906. The van der Waals surface area contributed by atoms with Gasteiger partial charge in [-0.1, -0.05) is 30.3 Å². The van der Waals surface area contributed by atoms with Gasteiger partial charge >= 0.3 is 0 Å². The van der Waals surface area contributed by atoms with Gasteiger partial charge in [-0.2, -0.15) is 5.10 Å². The molecule has 0 atom stereocenters. The van der Waals surface area contributed by atoms with Gasteiger partial charge in [0.05, 0.1) is 25.3 Å². The van der Waals surface area contributed by atoms with Crippen molar-refractivity contribution in [3.63, 3.8) is 0 Å². The van der Waals surface area contributed by atoms with Gasteiger partial charge in [-0.3, -0.25) is 4.68 Å². The van der Waals surface area contributed by atoms with E-state index in [0.29, 0.717) is 6.54 Å². The Morgan fingerprint density at radius 1 is 1.13 bits per heavy atom. The van der Waals surface area contributed by atoms with Crippen LogP contribution in [0.3, 0.4) is 0 Å². The Bertz CT molecular complexity index is 957. The zero-order valence-corrected chi connectivity index (χ0v) is 20.9. The third-order valence-corrected chi connectivity index (χ3v) is 5.24. The molecule has 0 aliphatic rings. The van der Waals surface area contributed by atoms with Gasteiger partial charge in [-0.25, -0.2) is 4.99 Å². The lowest BCUT2D eigenvalue weighted by atomic mass is 10.2. The number of nitrogens with zero attached hydrogens (tertiary/aromatic N) is 5. The van der Waals surface area contributed by atoms with Crippen molar-refractivity contribution in [1.29, 1.82) is 0 Å². The number of aliphatic imine (C=N–C) groups is 1. The van der Waals surface area contributed by atoms with Crippen molar-refractivity contribution in [2.45, 2.75) is 40.4 Å². The molecule has 6 nitrogen and oxygen atoms in total. The zero-order valence-electron chi connectivity index (χ0n) is 18.6. The second-order valence-corrected chi connectivity index (χ2v) is 7.43. The topological polar surface area (TPSA) is 50.4 Å². The van der Waals surface area contributed by atoms with Gasteiger partial charge < -0.3 is 14.8 Å². The Morgan fingerprint density at radius 2 is 1.87 bits per heavy atom. The lowest BCUT2D eigenvalue weighted by Gasteiger charge is -2.22. The predicted molar refractivity (Wildman–Crippen MR) is 134 cm³/mol. The molecule has 7 heteroatoms. The minimum Gasteiger partial charge on any atom is -0.357 e. The highest BCUT2D eigenvalue weighted by Crippen LogP contribution is 2.16. The molecule has 0 amide bonds. The molecule has 1 N–H and O–H groups in total. The zero-order chi connectivity index (χ0) is 20.8. The smallest absolute Gasteiger partial charge is 0.194 e. The largest absolute Gasteiger partial charge is 0.357 e. The number of nitrogens with one attached hydrogen (secondary N) is 1. The maximum absolute atomic E-state index is 4.90. The molecule has 0 aliphatic carbocycles. The number of benzene rings is 1. The summed E-state index contributed by atoms with van der Waals surface area (Å²) in [6.45, 7) is 9.34. The third kappa shape index (κ3) is 5.87. The van der Waals surface area contributed by atoms with Crippen LogP contribution in [0.2, 0.25) is 0 Å². The van der Waals surface area contributed by atoms with Gasteiger partial charge in [-0.15, -0.1) is 24.0 Å². The standard InChI is InChI=1S/C23H32N6.HI/c1-6-24-23(28(5)17-21-13-10-14-27(21)4)25-15-22-18(2)26-29(19(22)3)16-20-11-8-7-9-12-20;/h7-14H,6,15-17H2,1-5H3,(H,24,25);1H. The summed E-state index contributed by atoms with van der Waals surface area (Å²) >= 11 is 0. The molecular formula is C23H33IN6. The summed E-state index contributed by atoms with van der Waals surface area (Å²) in [5, 5.41) is 8.17. The van der Waals surface area contributed by atoms with Crippen LogP contribution in [-0.2, 0) is 26.7 Å². The Kier molecular flexibility index (Phi) is 8.95. The van der Waals surface area contributed by atoms with Crippen LogP contribution in [0.4, 0.5) is 0 Å². The first-order valence-electron chi connectivity index (χ1n) is 10.2. The molecule has 0 radical (unpaired) electrons. The maximum atomic E-state index is 4.90. The van der Waals surface area contributed by atoms with Crippen molar-refractivity contribution in [2.75, 3.05) is 13.6 Å². The van der Waals surface area contributed by atoms with Crippen LogP contribution in [0.5, 0.6) is 0 Å². The number of aromatic nitrogens is 3. The number of hydrogen-bond acceptors (Lipinski definition) is 2. The van der Waals surface area contributed by atoms with Crippen molar-refractivity contribution in [3.05, 3.63) is 76.9 Å². The molecule has 1 aromatic carbocycles. The molecule has 3 rings (SSSR count). The molecule has 0 spiro atoms. The van der Waals surface area contributed by atoms with Crippen molar-refractivity contribution < 1.29 is 0 Å². The van der Waals surface area contributed by atoms with Crippen molar-refractivity contribution in [3.8, 4) is 0 Å². The highest BCUT2D eigenvalue weighted by molar-refractivity contribution is 14.0. The molecule has 0 unspecified atom stereocenters. The normalized spacial score (nSPS) is 11.3. The molecule has 0 saturated carbocycles. The number of aryl methyl sites for hydroxylation is 2. The Labute approximate surface area is 197 Å². The van der Waals surface area contributed by atoms with Gasteiger partial charge in [0.25, 0.3) is 0 Å². The van der Waals surface area contributed by atoms with Crippen LogP contribution in [0.15, 0.2) is 53.7 Å². The van der Waals surface area contributed by atoms with Crippen LogP contribution in [0.1, 0.15) is 35.1 Å². The Balaban J connectivity index is 0.00000320. The van der Waals surface area contributed by atoms with Gasteiger partial charge in [0.2, 0.25) is 0 Å². The molecule has 3 aromatic rings. The molecular weight excluding hydrogens is 487 g/mol. The molecule has 0 bridgehead atoms. The maximum Gasteiger partial charge on any atom is 0.194 e. The number of hydrogen-bond donors (Lipinski definition) is 1. The Hall–Kier alpha value is -2.29. The van der Waals surface area contributed by atoms with E-state index in [1.165, 1.54) is 22.5 Å². The van der Waals surface area contributed by atoms with Crippen LogP contribution in [-0.4, -0.2) is 38.8 Å². The first-order valence-corrected chi connectivity index (χ1v) is 10.2. The van der Waals surface area contributed by atoms with E-state index in [9.17, 15) is 0 Å². The fraction of sp³-hybridized carbons (Fsp3) is 0.391. The molecule has 2 heterocycles. The molecule has 2 aromatic heterocycles. The average Bonchev–Trinajstić information content (AvgIpc) is 3.22. The van der Waals surface area contributed by atoms with Crippen molar-refractivity contribution in [1.82, 2.24) is 24.6 Å². The van der Waals surface area contributed by atoms with Gasteiger partial charge in [0.15, 0.2) is 5.96 Å². The van der Waals surface area contributed by atoms with E-state index in [-0.39, 0.29) is 24.0 Å². The number of halogens is 1. The first-order chi connectivity index (χ1) is 14.0. The van der Waals surface area contributed by atoms with Crippen LogP contribution in [0, 0.1) is 13.8 Å². The van der Waals surface area contributed by atoms with Gasteiger partial charge in [0, 0.05) is 43.8 Å². The predicted octanol–water partition coefficient (Wildman–Crippen LogP) is 4.10. The molecule has 0 saturated heterocycles. The lowest BCUT2D eigenvalue weighted by Crippen LogP contribution is -2.38. The van der Waals surface area contributed by atoms with E-state index >= 15 is 0 Å². The number of rotatable bonds is 7. The minimum atomic E-state index is 0. The highest BCUT2D eigenvalue weighted by Gasteiger charge is 2.13. The second-order valence-electron chi connectivity index (χ2n) is 7.43. The van der Waals surface area contributed by atoms with Crippen LogP contribution in [0.25, 0.3) is 0 Å². The summed E-state index contributed by atoms with van der Waals surface area (Å²) < 4.78 is 4.22. The van der Waals surface area contributed by atoms with E-state index in [1.54, 1.807) is 0 Å². The second kappa shape index (κ2) is 11.2. The van der Waals surface area contributed by atoms with E-state index in [4.69, 9.17) is 10.1 Å². The highest BCUT2D eigenvalue weighted by atomic mass is 127. The minimum absolute atomic E-state index is 0. The van der Waals surface area contributed by atoms with Gasteiger partial charge in [0.1, 0.15) is 0 Å². The SMILES string of the molecule is CCNC(=NCc1c(C)nn(Cc2ccccc2)c1C)N(C)Cc1cccn1C.I. The fourth-order valence-corrected chi connectivity index (χ4v) is 3.48. The Morgan fingerprint density at radius 3 is 2.50 bits per heavy atom. The number of guanidine groups is 1. The van der Waals surface area contributed by atoms with E-state index in [0.717, 1.165) is 31.3 Å². The summed E-state index contributed by atoms with van der Waals surface area (Å²) in [6.07, 6.45) is 2.07. The summed E-state index contributed by atoms with van der Waals surface area (Å²) in [5.41, 5.74) is 5.92. The monoisotopic (exact) mass is 520 g/mol. The first kappa shape index (κ1) is 24.0. The van der Waals surface area contributed by atoms with E-state index in [2.05, 4.69) is 96.9 Å². The van der Waals surface area contributed by atoms with Crippen LogP contribution < -0.4 is 5.32 Å². The summed E-state index contributed by atoms with van der Waals surface area (Å²) in [6, 6.07) is 14.7. The quantitative estimate of drug-likeness (QED) is 0.290. The molecule has 0 fully saturated rings. The third-order valence-electron chi connectivity index (χ3n) is 5.24. The van der Waals surface area contributed by atoms with Crippen LogP contribution >= 0.6 is 24.0 Å². The lowest BCUT2D eigenvalue weighted by molar-refractivity contribution is 0.462. The summed E-state index contributed by atoms with van der Waals surface area (Å²) in [7, 11) is 4.15. The summed E-state index contributed by atoms with van der Waals surface area (Å²) in [4.78, 5) is 7.07. The molecule has 162 valence electrons. The fourth-order valence-electron chi connectivity index (χ4n) is 3.48. The molecule has 30 heavy (non-hydrogen) atoms.